The molecule has 0 saturated heterocycles. The Kier molecular flexibility index (Phi) is 10.2. The largest absolute Gasteiger partial charge is 0.480 e. The number of urea groups is 1. The standard InChI is InChI=1S/C37H42N8O6/c38-36(39)41-15-7-14-28(33(47)44-20-26-12-5-3-10-24(26)18-31(44)35(49)50)42-32(46)29-16-22-8-1-4-11-25(22)19-43(29)34(48)30-17-23-9-2-6-13-27(23)21-45(30)37(40)51/h1-6,8-13,28-31H,7,14-21H2,(H2,40,51)(H,42,46)(H,49,50)(H4,38,39,41)/t28-,29+,30-,31-/m0/s1. The molecule has 0 aliphatic carbocycles. The molecule has 3 aromatic rings. The second-order valence-electron chi connectivity index (χ2n) is 13.2. The maximum absolute atomic E-state index is 14.5. The molecule has 3 aliphatic heterocycles. The van der Waals surface area contributed by atoms with E-state index in [0.717, 1.165) is 33.4 Å². The van der Waals surface area contributed by atoms with Gasteiger partial charge in [-0.25, -0.2) is 9.59 Å². The lowest BCUT2D eigenvalue weighted by molar-refractivity contribution is -0.153. The topological polar surface area (TPSA) is 218 Å². The number of nitrogens with zero attached hydrogens (tertiary/aromatic N) is 4. The van der Waals surface area contributed by atoms with Crippen LogP contribution in [-0.4, -0.2) is 86.2 Å². The molecule has 51 heavy (non-hydrogen) atoms. The van der Waals surface area contributed by atoms with Crippen molar-refractivity contribution in [3.63, 3.8) is 0 Å². The minimum absolute atomic E-state index is 0.0553. The highest BCUT2D eigenvalue weighted by molar-refractivity contribution is 5.96. The van der Waals surface area contributed by atoms with Gasteiger partial charge in [0.15, 0.2) is 5.96 Å². The molecule has 14 heteroatoms. The first kappa shape index (κ1) is 34.9. The fraction of sp³-hybridized carbons (Fsp3) is 0.351. The molecule has 5 amide bonds. The Morgan fingerprint density at radius 1 is 0.686 bits per heavy atom. The molecule has 0 bridgehead atoms. The number of rotatable bonds is 9. The maximum Gasteiger partial charge on any atom is 0.326 e. The van der Waals surface area contributed by atoms with E-state index in [1.807, 2.05) is 72.8 Å². The summed E-state index contributed by atoms with van der Waals surface area (Å²) in [6.07, 6.45) is 0.926. The zero-order valence-corrected chi connectivity index (χ0v) is 28.1. The van der Waals surface area contributed by atoms with Gasteiger partial charge in [-0.15, -0.1) is 0 Å². The van der Waals surface area contributed by atoms with Gasteiger partial charge in [0.05, 0.1) is 0 Å². The van der Waals surface area contributed by atoms with Crippen molar-refractivity contribution in [2.45, 2.75) is 75.9 Å². The van der Waals surface area contributed by atoms with E-state index in [-0.39, 0.29) is 57.8 Å². The summed E-state index contributed by atoms with van der Waals surface area (Å²) >= 11 is 0. The fourth-order valence-electron chi connectivity index (χ4n) is 7.36. The number of primary amides is 1. The molecule has 0 fully saturated rings. The van der Waals surface area contributed by atoms with Crippen molar-refractivity contribution in [2.24, 2.45) is 22.2 Å². The van der Waals surface area contributed by atoms with E-state index in [1.54, 1.807) is 0 Å². The number of hydrogen-bond acceptors (Lipinski definition) is 6. The molecule has 3 heterocycles. The van der Waals surface area contributed by atoms with E-state index >= 15 is 0 Å². The van der Waals surface area contributed by atoms with Gasteiger partial charge in [0.2, 0.25) is 17.7 Å². The lowest BCUT2D eigenvalue weighted by Crippen LogP contribution is -2.62. The van der Waals surface area contributed by atoms with Crippen molar-refractivity contribution >= 4 is 35.7 Å². The quantitative estimate of drug-likeness (QED) is 0.123. The van der Waals surface area contributed by atoms with Crippen molar-refractivity contribution in [1.82, 2.24) is 20.0 Å². The van der Waals surface area contributed by atoms with Crippen LogP contribution in [0.15, 0.2) is 77.8 Å². The monoisotopic (exact) mass is 694 g/mol. The number of carboxylic acid groups (broad SMARTS) is 1. The van der Waals surface area contributed by atoms with E-state index in [2.05, 4.69) is 10.3 Å². The van der Waals surface area contributed by atoms with Crippen molar-refractivity contribution in [2.75, 3.05) is 6.54 Å². The molecule has 14 nitrogen and oxygen atoms in total. The van der Waals surface area contributed by atoms with E-state index in [1.165, 1.54) is 14.7 Å². The molecule has 8 N–H and O–H groups in total. The Bertz CT molecular complexity index is 1880. The minimum Gasteiger partial charge on any atom is -0.480 e. The Morgan fingerprint density at radius 2 is 1.16 bits per heavy atom. The van der Waals surface area contributed by atoms with Crippen LogP contribution in [-0.2, 0) is 58.1 Å². The number of fused-ring (bicyclic) bond motifs is 3. The Labute approximate surface area is 295 Å². The van der Waals surface area contributed by atoms with Crippen LogP contribution in [0.25, 0.3) is 0 Å². The Morgan fingerprint density at radius 3 is 1.67 bits per heavy atom. The third-order valence-electron chi connectivity index (χ3n) is 10.0. The SMILES string of the molecule is NC(=O)N1Cc2ccccc2C[C@H]1C(=O)N1Cc2ccccc2C[C@@H]1C(=O)N[C@@H](CCCN=C(N)N)C(=O)N1Cc2ccccc2C[C@H]1C(=O)O. The third-order valence-corrected chi connectivity index (χ3v) is 10.0. The molecule has 0 aromatic heterocycles. The van der Waals surface area contributed by atoms with Gasteiger partial charge in [0.25, 0.3) is 0 Å². The van der Waals surface area contributed by atoms with Gasteiger partial charge in [0.1, 0.15) is 24.2 Å². The van der Waals surface area contributed by atoms with Crippen LogP contribution in [0.4, 0.5) is 4.79 Å². The third kappa shape index (κ3) is 7.49. The number of carbonyl (C=O) groups excluding carboxylic acids is 4. The van der Waals surface area contributed by atoms with Gasteiger partial charge in [0, 0.05) is 45.4 Å². The smallest absolute Gasteiger partial charge is 0.326 e. The summed E-state index contributed by atoms with van der Waals surface area (Å²) in [7, 11) is 0. The van der Waals surface area contributed by atoms with Crippen LogP contribution < -0.4 is 22.5 Å². The number of hydrogen-bond donors (Lipinski definition) is 5. The van der Waals surface area contributed by atoms with Gasteiger partial charge in [-0.1, -0.05) is 72.8 Å². The number of nitrogens with one attached hydrogen (secondary N) is 1. The molecule has 6 rings (SSSR count). The molecule has 266 valence electrons. The molecule has 0 radical (unpaired) electrons. The lowest BCUT2D eigenvalue weighted by atomic mass is 9.89. The van der Waals surface area contributed by atoms with Crippen LogP contribution in [0.5, 0.6) is 0 Å². The van der Waals surface area contributed by atoms with Gasteiger partial charge < -0.3 is 42.3 Å². The zero-order chi connectivity index (χ0) is 36.2. The highest BCUT2D eigenvalue weighted by Crippen LogP contribution is 2.30. The van der Waals surface area contributed by atoms with Crippen LogP contribution in [0.3, 0.4) is 0 Å². The maximum atomic E-state index is 14.5. The second-order valence-corrected chi connectivity index (χ2v) is 13.2. The summed E-state index contributed by atoms with van der Waals surface area (Å²) in [6.45, 7) is 0.491. The molecule has 0 saturated carbocycles. The number of nitrogens with two attached hydrogens (primary N) is 3. The van der Waals surface area contributed by atoms with E-state index in [0.29, 0.717) is 6.42 Å². The molecular weight excluding hydrogens is 652 g/mol. The summed E-state index contributed by atoms with van der Waals surface area (Å²) in [5.74, 6) is -2.85. The normalized spacial score (nSPS) is 19.8. The number of guanidine groups is 1. The first-order chi connectivity index (χ1) is 24.5. The van der Waals surface area contributed by atoms with Gasteiger partial charge in [-0.05, 0) is 46.2 Å². The number of aliphatic carboxylic acids is 1. The molecule has 4 atom stereocenters. The lowest BCUT2D eigenvalue weighted by Gasteiger charge is -2.42. The predicted octanol–water partition coefficient (Wildman–Crippen LogP) is 1.02. The van der Waals surface area contributed by atoms with Gasteiger partial charge in [-0.3, -0.25) is 19.4 Å². The average Bonchev–Trinajstić information content (AvgIpc) is 3.13. The molecular formula is C37H42N8O6. The Balaban J connectivity index is 1.30. The summed E-state index contributed by atoms with van der Waals surface area (Å²) in [5, 5.41) is 13.0. The number of carboxylic acids is 1. The summed E-state index contributed by atoms with van der Waals surface area (Å²) in [6, 6.07) is 17.4. The number of aliphatic imine (C=N–C) groups is 1. The van der Waals surface area contributed by atoms with Crippen molar-refractivity contribution in [3.8, 4) is 0 Å². The van der Waals surface area contributed by atoms with Crippen LogP contribution >= 0.6 is 0 Å². The predicted molar refractivity (Wildman–Crippen MR) is 188 cm³/mol. The van der Waals surface area contributed by atoms with Crippen molar-refractivity contribution in [1.29, 1.82) is 0 Å². The van der Waals surface area contributed by atoms with Gasteiger partial charge >= 0.3 is 12.0 Å². The highest BCUT2D eigenvalue weighted by atomic mass is 16.4. The van der Waals surface area contributed by atoms with Crippen LogP contribution in [0.2, 0.25) is 0 Å². The summed E-state index contributed by atoms with van der Waals surface area (Å²) in [4.78, 5) is 76.4. The first-order valence-electron chi connectivity index (χ1n) is 17.0. The second kappa shape index (κ2) is 14.9. The molecule has 3 aromatic carbocycles. The first-order valence-corrected chi connectivity index (χ1v) is 17.0. The number of benzene rings is 3. The molecule has 3 aliphatic rings. The molecule has 0 spiro atoms. The Hall–Kier alpha value is -5.92. The van der Waals surface area contributed by atoms with Crippen LogP contribution in [0.1, 0.15) is 46.2 Å². The average molecular weight is 695 g/mol. The summed E-state index contributed by atoms with van der Waals surface area (Å²) in [5.41, 5.74) is 22.0. The van der Waals surface area contributed by atoms with Crippen molar-refractivity contribution < 1.29 is 29.1 Å². The van der Waals surface area contributed by atoms with E-state index in [4.69, 9.17) is 17.2 Å². The number of carbonyl (C=O) groups is 5. The number of amides is 5. The fourth-order valence-corrected chi connectivity index (χ4v) is 7.36. The zero-order valence-electron chi connectivity index (χ0n) is 28.1. The minimum atomic E-state index is -1.16. The van der Waals surface area contributed by atoms with E-state index in [9.17, 15) is 29.1 Å². The van der Waals surface area contributed by atoms with Gasteiger partial charge in [-0.2, -0.15) is 0 Å². The highest BCUT2D eigenvalue weighted by Gasteiger charge is 2.44. The van der Waals surface area contributed by atoms with Crippen molar-refractivity contribution in [3.05, 3.63) is 106 Å². The summed E-state index contributed by atoms with van der Waals surface area (Å²) < 4.78 is 0. The van der Waals surface area contributed by atoms with E-state index < -0.39 is 53.9 Å². The van der Waals surface area contributed by atoms with Crippen LogP contribution in [0, 0.1) is 0 Å². The molecule has 0 unspecified atom stereocenters.